The highest BCUT2D eigenvalue weighted by Crippen LogP contribution is 2.32. The first-order chi connectivity index (χ1) is 26.8. The molecule has 0 bridgehead atoms. The molecule has 2 aliphatic rings. The van der Waals surface area contributed by atoms with Gasteiger partial charge in [-0.3, -0.25) is 19.2 Å². The molecule has 0 aliphatic heterocycles. The summed E-state index contributed by atoms with van der Waals surface area (Å²) in [6.45, 7) is 0.824. The number of nitrogens with one attached hydrogen (secondary N) is 4. The van der Waals surface area contributed by atoms with Gasteiger partial charge in [0.15, 0.2) is 5.96 Å². The molecule has 16 heteroatoms. The average Bonchev–Trinajstić information content (AvgIpc) is 3.19. The van der Waals surface area contributed by atoms with Crippen LogP contribution in [0.1, 0.15) is 99.2 Å². The third kappa shape index (κ3) is 11.2. The lowest BCUT2D eigenvalue weighted by molar-refractivity contribution is 0.0886. The van der Waals surface area contributed by atoms with E-state index in [0.717, 1.165) is 31.6 Å². The van der Waals surface area contributed by atoms with E-state index in [1.165, 1.54) is 46.6 Å². The number of hydrogen-bond donors (Lipinski definition) is 5. The number of rotatable bonds is 15. The number of hydrogen-bond acceptors (Lipinski definition) is 10. The van der Waals surface area contributed by atoms with Crippen molar-refractivity contribution in [3.8, 4) is 23.0 Å². The minimum Gasteiger partial charge on any atom is -0.496 e. The van der Waals surface area contributed by atoms with Crippen LogP contribution in [0, 0.1) is 0 Å². The summed E-state index contributed by atoms with van der Waals surface area (Å²) in [6, 6.07) is 5.90. The number of ether oxygens (including phenoxy) is 4. The number of aliphatic imine (C=N–C) groups is 1. The molecule has 0 radical (unpaired) electrons. The molecule has 308 valence electrons. The van der Waals surface area contributed by atoms with Crippen LogP contribution in [-0.2, 0) is 0 Å². The number of nitrogens with zero attached hydrogens (tertiary/aromatic N) is 3. The molecule has 0 saturated heterocycles. The van der Waals surface area contributed by atoms with E-state index < -0.39 is 0 Å². The van der Waals surface area contributed by atoms with E-state index in [2.05, 4.69) is 21.3 Å². The van der Waals surface area contributed by atoms with E-state index in [9.17, 15) is 19.2 Å². The van der Waals surface area contributed by atoms with Crippen molar-refractivity contribution in [3.63, 3.8) is 0 Å². The number of guanidine groups is 1. The zero-order valence-electron chi connectivity index (χ0n) is 34.1. The molecule has 6 N–H and O–H groups in total. The van der Waals surface area contributed by atoms with Gasteiger partial charge in [-0.1, -0.05) is 0 Å². The smallest absolute Gasteiger partial charge is 0.255 e. The highest BCUT2D eigenvalue weighted by Gasteiger charge is 2.30. The summed E-state index contributed by atoms with van der Waals surface area (Å²) in [5.41, 5.74) is 6.44. The van der Waals surface area contributed by atoms with Crippen LogP contribution in [0.5, 0.6) is 23.0 Å². The standard InChI is InChI=1S/C40H60N8O8/c1-47(2)40(48(3)4)46-27-16-14-26(15-17-27)45-39(52)31-21-30(34(55-7)23-35(31)56-8)38(51)44-25-12-10-24(11-13-25)43-37(50)29-20-28(36(49)42-19-9-18-41)32(53-5)22-33(29)54-6/h20-27H,9-19,41H2,1-8H3,(H,42,49)(H,43,50)(H,44,51)(H,45,52)/t24-,25+,26-,27+. The Kier molecular flexibility index (Phi) is 16.0. The first-order valence-corrected chi connectivity index (χ1v) is 19.2. The van der Waals surface area contributed by atoms with Crippen LogP contribution in [0.4, 0.5) is 0 Å². The van der Waals surface area contributed by atoms with Gasteiger partial charge >= 0.3 is 0 Å². The Balaban J connectivity index is 1.37. The van der Waals surface area contributed by atoms with Crippen molar-refractivity contribution < 1.29 is 38.1 Å². The third-order valence-electron chi connectivity index (χ3n) is 10.2. The molecule has 16 nitrogen and oxygen atoms in total. The summed E-state index contributed by atoms with van der Waals surface area (Å²) in [5, 5.41) is 12.1. The molecule has 4 amide bonds. The maximum Gasteiger partial charge on any atom is 0.255 e. The highest BCUT2D eigenvalue weighted by atomic mass is 16.5. The second-order valence-electron chi connectivity index (χ2n) is 14.6. The highest BCUT2D eigenvalue weighted by molar-refractivity contribution is 6.04. The van der Waals surface area contributed by atoms with E-state index >= 15 is 0 Å². The van der Waals surface area contributed by atoms with Gasteiger partial charge in [0, 0.05) is 65.0 Å². The maximum atomic E-state index is 13.7. The summed E-state index contributed by atoms with van der Waals surface area (Å²) in [4.78, 5) is 62.6. The number of amides is 4. The second kappa shape index (κ2) is 20.6. The Morgan fingerprint density at radius 2 is 0.929 bits per heavy atom. The van der Waals surface area contributed by atoms with Gasteiger partial charge < -0.3 is 55.7 Å². The lowest BCUT2D eigenvalue weighted by Crippen LogP contribution is -2.44. The molecule has 2 aromatic carbocycles. The summed E-state index contributed by atoms with van der Waals surface area (Å²) in [6.07, 6.45) is 6.29. The monoisotopic (exact) mass is 780 g/mol. The predicted molar refractivity (Wildman–Crippen MR) is 214 cm³/mol. The average molecular weight is 781 g/mol. The SMILES string of the molecule is COc1cc(OC)c(C(=O)N[C@H]2CC[C@@H](NC(=O)c3cc(C(=O)N[C@H]4CC[C@@H](N=C(N(C)C)N(C)C)CC4)c(OC)cc3OC)CC2)cc1C(=O)NCCCN. The third-order valence-corrected chi connectivity index (χ3v) is 10.2. The minimum atomic E-state index is -0.383. The van der Waals surface area contributed by atoms with Crippen LogP contribution in [0.2, 0.25) is 0 Å². The van der Waals surface area contributed by atoms with E-state index in [1.54, 1.807) is 6.07 Å². The number of nitrogens with two attached hydrogens (primary N) is 1. The molecule has 4 rings (SSSR count). The molecular weight excluding hydrogens is 720 g/mol. The van der Waals surface area contributed by atoms with E-state index in [0.29, 0.717) is 50.9 Å². The van der Waals surface area contributed by atoms with E-state index in [4.69, 9.17) is 29.7 Å². The fraction of sp³-hybridized carbons (Fsp3) is 0.575. The summed E-state index contributed by atoms with van der Waals surface area (Å²) < 4.78 is 22.0. The van der Waals surface area contributed by atoms with E-state index in [1.807, 2.05) is 38.0 Å². The van der Waals surface area contributed by atoms with Crippen molar-refractivity contribution in [3.05, 3.63) is 46.5 Å². The number of benzene rings is 2. The van der Waals surface area contributed by atoms with Crippen LogP contribution >= 0.6 is 0 Å². The number of carbonyl (C=O) groups is 4. The molecule has 56 heavy (non-hydrogen) atoms. The van der Waals surface area contributed by atoms with Crippen LogP contribution in [-0.4, -0.2) is 133 Å². The molecule has 2 aromatic rings. The number of carbonyl (C=O) groups excluding carboxylic acids is 4. The molecule has 2 saturated carbocycles. The number of methoxy groups -OCH3 is 4. The van der Waals surface area contributed by atoms with Crippen LogP contribution in [0.15, 0.2) is 29.3 Å². The largest absolute Gasteiger partial charge is 0.496 e. The Labute approximate surface area is 330 Å². The van der Waals surface area contributed by atoms with Crippen molar-refractivity contribution >= 4 is 29.6 Å². The first-order valence-electron chi connectivity index (χ1n) is 19.2. The fourth-order valence-corrected chi connectivity index (χ4v) is 7.22. The zero-order valence-corrected chi connectivity index (χ0v) is 34.1. The Hall–Kier alpha value is -5.25. The predicted octanol–water partition coefficient (Wildman–Crippen LogP) is 2.79. The van der Waals surface area contributed by atoms with Crippen LogP contribution < -0.4 is 45.9 Å². The van der Waals surface area contributed by atoms with Gasteiger partial charge in [-0.25, -0.2) is 4.99 Å². The summed E-state index contributed by atoms with van der Waals surface area (Å²) in [7, 11) is 13.7. The van der Waals surface area contributed by atoms with Gasteiger partial charge in [0.1, 0.15) is 23.0 Å². The lowest BCUT2D eigenvalue weighted by atomic mass is 9.90. The van der Waals surface area contributed by atoms with Gasteiger partial charge in [-0.2, -0.15) is 0 Å². The first kappa shape index (κ1) is 43.5. The zero-order chi connectivity index (χ0) is 40.9. The molecule has 2 fully saturated rings. The normalized spacial score (nSPS) is 19.1. The van der Waals surface area contributed by atoms with Gasteiger partial charge in [0.05, 0.1) is 56.7 Å². The van der Waals surface area contributed by atoms with Crippen molar-refractivity contribution in [2.75, 3.05) is 69.7 Å². The van der Waals surface area contributed by atoms with Crippen LogP contribution in [0.25, 0.3) is 0 Å². The molecule has 0 spiro atoms. The fourth-order valence-electron chi connectivity index (χ4n) is 7.22. The Morgan fingerprint density at radius 3 is 1.25 bits per heavy atom. The summed E-state index contributed by atoms with van der Waals surface area (Å²) in [5.74, 6) is 0.598. The Morgan fingerprint density at radius 1 is 0.589 bits per heavy atom. The van der Waals surface area contributed by atoms with Crippen molar-refractivity contribution in [2.45, 2.75) is 82.0 Å². The molecule has 0 aromatic heterocycles. The van der Waals surface area contributed by atoms with Gasteiger partial charge in [0.2, 0.25) is 0 Å². The van der Waals surface area contributed by atoms with Crippen LogP contribution in [0.3, 0.4) is 0 Å². The molecule has 2 aliphatic carbocycles. The maximum absolute atomic E-state index is 13.7. The van der Waals surface area contributed by atoms with E-state index in [-0.39, 0.29) is 87.3 Å². The van der Waals surface area contributed by atoms with Crippen molar-refractivity contribution in [1.29, 1.82) is 0 Å². The lowest BCUT2D eigenvalue weighted by Gasteiger charge is -2.30. The molecule has 0 heterocycles. The molecule has 0 unspecified atom stereocenters. The minimum absolute atomic E-state index is 0.0327. The second-order valence-corrected chi connectivity index (χ2v) is 14.6. The van der Waals surface area contributed by atoms with Gasteiger partial charge in [-0.15, -0.1) is 0 Å². The molecular formula is C40H60N8O8. The topological polar surface area (TPSA) is 198 Å². The summed E-state index contributed by atoms with van der Waals surface area (Å²) >= 11 is 0. The van der Waals surface area contributed by atoms with Gasteiger partial charge in [-0.05, 0) is 76.5 Å². The van der Waals surface area contributed by atoms with Gasteiger partial charge in [0.25, 0.3) is 23.6 Å². The van der Waals surface area contributed by atoms with Crippen molar-refractivity contribution in [2.24, 2.45) is 10.7 Å². The Bertz CT molecular complexity index is 1710. The molecule has 0 atom stereocenters. The van der Waals surface area contributed by atoms with Crippen molar-refractivity contribution in [1.82, 2.24) is 31.1 Å². The quantitative estimate of drug-likeness (QED) is 0.101.